The summed E-state index contributed by atoms with van der Waals surface area (Å²) in [6.45, 7) is 6.41. The highest BCUT2D eigenvalue weighted by molar-refractivity contribution is 5.92. The van der Waals surface area contributed by atoms with E-state index in [4.69, 9.17) is 4.74 Å². The lowest BCUT2D eigenvalue weighted by atomic mass is 9.93. The number of hydrogen-bond acceptors (Lipinski definition) is 4. The first-order valence-corrected chi connectivity index (χ1v) is 9.51. The number of amides is 1. The first-order chi connectivity index (χ1) is 13.6. The third-order valence-electron chi connectivity index (χ3n) is 5.01. The van der Waals surface area contributed by atoms with E-state index in [9.17, 15) is 18.4 Å². The lowest BCUT2D eigenvalue weighted by molar-refractivity contribution is 0.0204. The standard InChI is InChI=1S/C20H22F2N4O3/c1-20(2,3)29-19(28)25-6-4-11(5-7-25)14-10-16(27)26-18(23-14)17-13(22)8-12(21)9-15(17)24-26/h8-11,24H,4-7H2,1-3H3. The summed E-state index contributed by atoms with van der Waals surface area (Å²) >= 11 is 0. The van der Waals surface area contributed by atoms with Crippen molar-refractivity contribution in [2.24, 2.45) is 0 Å². The van der Waals surface area contributed by atoms with Gasteiger partial charge in [0.25, 0.3) is 5.56 Å². The molecule has 1 aliphatic heterocycles. The number of hydrogen-bond donors (Lipinski definition) is 1. The van der Waals surface area contributed by atoms with E-state index < -0.39 is 22.8 Å². The van der Waals surface area contributed by atoms with Crippen LogP contribution in [0.15, 0.2) is 23.0 Å². The number of carbonyl (C=O) groups is 1. The highest BCUT2D eigenvalue weighted by atomic mass is 19.1. The molecular weight excluding hydrogens is 382 g/mol. The minimum Gasteiger partial charge on any atom is -0.444 e. The SMILES string of the molecule is CC(C)(C)OC(=O)N1CCC(c2cc(=O)n3[nH]c4cc(F)cc(F)c4c3n2)CC1. The van der Waals surface area contributed by atoms with Crippen LogP contribution in [0.25, 0.3) is 16.6 Å². The third-order valence-corrected chi connectivity index (χ3v) is 5.01. The first-order valence-electron chi connectivity index (χ1n) is 9.51. The molecule has 1 saturated heterocycles. The van der Waals surface area contributed by atoms with Crippen molar-refractivity contribution in [2.45, 2.75) is 45.1 Å². The van der Waals surface area contributed by atoms with Crippen LogP contribution in [0.2, 0.25) is 0 Å². The molecule has 4 rings (SSSR count). The molecule has 1 amide bonds. The number of piperidine rings is 1. The Kier molecular flexibility index (Phi) is 4.55. The molecule has 1 aromatic carbocycles. The summed E-state index contributed by atoms with van der Waals surface area (Å²) in [6.07, 6.45) is 0.864. The fraction of sp³-hybridized carbons (Fsp3) is 0.450. The molecule has 0 unspecified atom stereocenters. The van der Waals surface area contributed by atoms with Crippen molar-refractivity contribution in [3.8, 4) is 0 Å². The van der Waals surface area contributed by atoms with E-state index in [-0.39, 0.29) is 28.6 Å². The summed E-state index contributed by atoms with van der Waals surface area (Å²) in [5.41, 5.74) is -0.105. The molecule has 0 aliphatic carbocycles. The zero-order chi connectivity index (χ0) is 20.9. The maximum absolute atomic E-state index is 14.3. The van der Waals surface area contributed by atoms with Gasteiger partial charge in [-0.2, -0.15) is 0 Å². The van der Waals surface area contributed by atoms with Crippen LogP contribution in [0.5, 0.6) is 0 Å². The highest BCUT2D eigenvalue weighted by Crippen LogP contribution is 2.29. The van der Waals surface area contributed by atoms with Crippen LogP contribution in [-0.2, 0) is 4.74 Å². The van der Waals surface area contributed by atoms with Crippen molar-refractivity contribution in [3.05, 3.63) is 45.9 Å². The molecule has 1 N–H and O–H groups in total. The third kappa shape index (κ3) is 3.68. The molecule has 3 aromatic rings. The number of nitrogens with zero attached hydrogens (tertiary/aromatic N) is 3. The van der Waals surface area contributed by atoms with Gasteiger partial charge in [0.15, 0.2) is 5.65 Å². The van der Waals surface area contributed by atoms with E-state index >= 15 is 0 Å². The molecule has 0 radical (unpaired) electrons. The highest BCUT2D eigenvalue weighted by Gasteiger charge is 2.28. The van der Waals surface area contributed by atoms with Crippen LogP contribution in [0, 0.1) is 11.6 Å². The summed E-state index contributed by atoms with van der Waals surface area (Å²) in [5.74, 6) is -1.55. The van der Waals surface area contributed by atoms with Crippen molar-refractivity contribution >= 4 is 22.6 Å². The van der Waals surface area contributed by atoms with E-state index in [0.29, 0.717) is 31.6 Å². The predicted molar refractivity (Wildman–Crippen MR) is 103 cm³/mol. The molecule has 9 heteroatoms. The van der Waals surface area contributed by atoms with Gasteiger partial charge in [-0.25, -0.2) is 23.1 Å². The Morgan fingerprint density at radius 1 is 1.21 bits per heavy atom. The predicted octanol–water partition coefficient (Wildman–Crippen LogP) is 3.57. The smallest absolute Gasteiger partial charge is 0.410 e. The Labute approximate surface area is 165 Å². The molecular formula is C20H22F2N4O3. The van der Waals surface area contributed by atoms with E-state index in [1.54, 1.807) is 4.90 Å². The summed E-state index contributed by atoms with van der Waals surface area (Å²) in [7, 11) is 0. The molecule has 7 nitrogen and oxygen atoms in total. The molecule has 3 heterocycles. The fourth-order valence-electron chi connectivity index (χ4n) is 3.68. The van der Waals surface area contributed by atoms with Gasteiger partial charge < -0.3 is 9.64 Å². The Hall–Kier alpha value is -2.97. The van der Waals surface area contributed by atoms with Crippen molar-refractivity contribution in [1.29, 1.82) is 0 Å². The number of likely N-dealkylation sites (tertiary alicyclic amines) is 1. The number of H-pyrrole nitrogens is 1. The number of ether oxygens (including phenoxy) is 1. The molecule has 29 heavy (non-hydrogen) atoms. The lowest BCUT2D eigenvalue weighted by Crippen LogP contribution is -2.41. The Morgan fingerprint density at radius 2 is 1.90 bits per heavy atom. The molecule has 154 valence electrons. The number of fused-ring (bicyclic) bond motifs is 3. The summed E-state index contributed by atoms with van der Waals surface area (Å²) in [4.78, 5) is 30.9. The number of nitrogens with one attached hydrogen (secondary N) is 1. The number of benzene rings is 1. The Bertz CT molecular complexity index is 1150. The van der Waals surface area contributed by atoms with Gasteiger partial charge in [-0.15, -0.1) is 0 Å². The summed E-state index contributed by atoms with van der Waals surface area (Å²) in [5, 5.41) is 2.77. The Morgan fingerprint density at radius 3 is 2.55 bits per heavy atom. The fourth-order valence-corrected chi connectivity index (χ4v) is 3.68. The minimum absolute atomic E-state index is 0.0418. The van der Waals surface area contributed by atoms with Crippen LogP contribution in [0.1, 0.15) is 45.2 Å². The van der Waals surface area contributed by atoms with Crippen LogP contribution in [-0.4, -0.2) is 44.3 Å². The van der Waals surface area contributed by atoms with Gasteiger partial charge in [0, 0.05) is 31.1 Å². The van der Waals surface area contributed by atoms with Gasteiger partial charge >= 0.3 is 6.09 Å². The minimum atomic E-state index is -0.775. The van der Waals surface area contributed by atoms with Crippen molar-refractivity contribution < 1.29 is 18.3 Å². The number of halogens is 2. The molecule has 1 fully saturated rings. The van der Waals surface area contributed by atoms with Gasteiger partial charge in [-0.05, 0) is 39.7 Å². The maximum Gasteiger partial charge on any atom is 0.410 e. The second kappa shape index (κ2) is 6.82. The van der Waals surface area contributed by atoms with Gasteiger partial charge in [0.2, 0.25) is 0 Å². The first kappa shape index (κ1) is 19.4. The number of aromatic amines is 1. The zero-order valence-corrected chi connectivity index (χ0v) is 16.5. The molecule has 0 saturated carbocycles. The topological polar surface area (TPSA) is 79.7 Å². The van der Waals surface area contributed by atoms with Crippen molar-refractivity contribution in [3.63, 3.8) is 0 Å². The number of carbonyl (C=O) groups excluding carboxylic acids is 1. The maximum atomic E-state index is 14.3. The second-order valence-corrected chi connectivity index (χ2v) is 8.34. The summed E-state index contributed by atoms with van der Waals surface area (Å²) < 4.78 is 34.3. The van der Waals surface area contributed by atoms with Crippen LogP contribution in [0.4, 0.5) is 13.6 Å². The lowest BCUT2D eigenvalue weighted by Gasteiger charge is -2.33. The normalized spacial score (nSPS) is 16.0. The quantitative estimate of drug-likeness (QED) is 0.673. The molecule has 0 bridgehead atoms. The van der Waals surface area contributed by atoms with Gasteiger partial charge in [-0.3, -0.25) is 9.89 Å². The van der Waals surface area contributed by atoms with Crippen molar-refractivity contribution in [1.82, 2.24) is 19.5 Å². The van der Waals surface area contributed by atoms with Gasteiger partial charge in [0.1, 0.15) is 17.2 Å². The molecule has 1 aliphatic rings. The van der Waals surface area contributed by atoms with Crippen LogP contribution >= 0.6 is 0 Å². The largest absolute Gasteiger partial charge is 0.444 e. The van der Waals surface area contributed by atoms with E-state index in [2.05, 4.69) is 10.1 Å². The zero-order valence-electron chi connectivity index (χ0n) is 16.5. The average Bonchev–Trinajstić information content (AvgIpc) is 2.99. The molecule has 0 atom stereocenters. The van der Waals surface area contributed by atoms with Gasteiger partial charge in [0.05, 0.1) is 16.6 Å². The second-order valence-electron chi connectivity index (χ2n) is 8.34. The van der Waals surface area contributed by atoms with E-state index in [1.165, 1.54) is 6.07 Å². The van der Waals surface area contributed by atoms with Crippen LogP contribution < -0.4 is 5.56 Å². The van der Waals surface area contributed by atoms with E-state index in [1.807, 2.05) is 20.8 Å². The number of aromatic nitrogens is 3. The molecule has 0 spiro atoms. The average molecular weight is 404 g/mol. The van der Waals surface area contributed by atoms with Crippen LogP contribution in [0.3, 0.4) is 0 Å². The summed E-state index contributed by atoms with van der Waals surface area (Å²) in [6, 6.07) is 3.31. The van der Waals surface area contributed by atoms with Gasteiger partial charge in [-0.1, -0.05) is 0 Å². The number of rotatable bonds is 1. The molecule has 2 aromatic heterocycles. The Balaban J connectivity index is 1.62. The van der Waals surface area contributed by atoms with E-state index in [0.717, 1.165) is 16.6 Å². The monoisotopic (exact) mass is 404 g/mol. The van der Waals surface area contributed by atoms with Crippen molar-refractivity contribution in [2.75, 3.05) is 13.1 Å².